The van der Waals surface area contributed by atoms with Crippen molar-refractivity contribution < 1.29 is 4.74 Å². The summed E-state index contributed by atoms with van der Waals surface area (Å²) in [5.74, 6) is 0.706. The number of hydrogen-bond donors (Lipinski definition) is 1. The average Bonchev–Trinajstić information content (AvgIpc) is 2.62. The van der Waals surface area contributed by atoms with Crippen LogP contribution in [0.25, 0.3) is 16.5 Å². The van der Waals surface area contributed by atoms with Crippen molar-refractivity contribution in [3.8, 4) is 5.75 Å². The van der Waals surface area contributed by atoms with E-state index in [1.807, 2.05) is 62.4 Å². The summed E-state index contributed by atoms with van der Waals surface area (Å²) < 4.78 is 6.04. The van der Waals surface area contributed by atoms with Crippen LogP contribution in [0, 0.1) is 6.92 Å². The molecule has 0 aliphatic rings. The van der Waals surface area contributed by atoms with Crippen LogP contribution in [0.4, 0.5) is 0 Å². The van der Waals surface area contributed by atoms with Gasteiger partial charge in [0, 0.05) is 28.2 Å². The second-order valence-corrected chi connectivity index (χ2v) is 6.86. The number of rotatable bonds is 5. The summed E-state index contributed by atoms with van der Waals surface area (Å²) in [6.07, 6.45) is 1.93. The number of hydrogen-bond acceptors (Lipinski definition) is 3. The van der Waals surface area contributed by atoms with E-state index in [1.54, 1.807) is 0 Å². The average molecular weight is 387 g/mol. The van der Waals surface area contributed by atoms with Crippen molar-refractivity contribution in [1.82, 2.24) is 4.98 Å². The molecule has 1 aromatic heterocycles. The number of nitrogens with zero attached hydrogens (tertiary/aromatic N) is 1. The van der Waals surface area contributed by atoms with Crippen LogP contribution in [0.15, 0.2) is 48.5 Å². The van der Waals surface area contributed by atoms with Gasteiger partial charge in [-0.05, 0) is 43.2 Å². The molecule has 0 saturated heterocycles. The number of halogens is 2. The van der Waals surface area contributed by atoms with Crippen LogP contribution in [-0.4, -0.2) is 11.5 Å². The molecular weight excluding hydrogens is 367 g/mol. The molecule has 0 aliphatic heterocycles. The second-order valence-electron chi connectivity index (χ2n) is 6.08. The summed E-state index contributed by atoms with van der Waals surface area (Å²) in [5.41, 5.74) is 10.0. The highest BCUT2D eigenvalue weighted by Gasteiger charge is 2.13. The van der Waals surface area contributed by atoms with E-state index in [1.165, 1.54) is 0 Å². The summed E-state index contributed by atoms with van der Waals surface area (Å²) in [7, 11) is 0. The third-order valence-electron chi connectivity index (χ3n) is 4.23. The van der Waals surface area contributed by atoms with E-state index >= 15 is 0 Å². The first-order valence-electron chi connectivity index (χ1n) is 8.34. The van der Waals surface area contributed by atoms with Crippen LogP contribution in [0.3, 0.4) is 0 Å². The molecule has 3 nitrogen and oxygen atoms in total. The van der Waals surface area contributed by atoms with Gasteiger partial charge in [-0.1, -0.05) is 53.5 Å². The molecule has 2 aromatic carbocycles. The highest BCUT2D eigenvalue weighted by molar-refractivity contribution is 6.37. The van der Waals surface area contributed by atoms with Gasteiger partial charge in [0.1, 0.15) is 17.9 Å². The highest BCUT2D eigenvalue weighted by Crippen LogP contribution is 2.34. The van der Waals surface area contributed by atoms with Crippen LogP contribution < -0.4 is 10.5 Å². The standard InChI is InChI=1S/C21H20Cl2N2O/c1-13(10-11-24)16-8-9-18(22)17(20(16)23)12-26-19-5-3-4-15-7-6-14(2)25-21(15)19/h3-10H,11-12,24H2,1-2H3/b13-10-. The van der Waals surface area contributed by atoms with Gasteiger partial charge in [0.05, 0.1) is 5.02 Å². The number of fused-ring (bicyclic) bond motifs is 1. The number of nitrogens with two attached hydrogens (primary N) is 1. The molecule has 0 spiro atoms. The van der Waals surface area contributed by atoms with Crippen molar-refractivity contribution in [3.63, 3.8) is 0 Å². The first-order valence-corrected chi connectivity index (χ1v) is 9.10. The van der Waals surface area contributed by atoms with Gasteiger partial charge in [-0.3, -0.25) is 0 Å². The van der Waals surface area contributed by atoms with Crippen LogP contribution >= 0.6 is 23.2 Å². The third-order valence-corrected chi connectivity index (χ3v) is 5.02. The van der Waals surface area contributed by atoms with E-state index in [2.05, 4.69) is 4.98 Å². The van der Waals surface area contributed by atoms with Gasteiger partial charge < -0.3 is 10.5 Å². The monoisotopic (exact) mass is 386 g/mol. The normalized spacial score (nSPS) is 11.8. The number of para-hydroxylation sites is 1. The first-order chi connectivity index (χ1) is 12.5. The van der Waals surface area contributed by atoms with Gasteiger partial charge in [0.15, 0.2) is 0 Å². The lowest BCUT2D eigenvalue weighted by Gasteiger charge is -2.14. The van der Waals surface area contributed by atoms with Gasteiger partial charge in [0.25, 0.3) is 0 Å². The fourth-order valence-electron chi connectivity index (χ4n) is 2.81. The zero-order valence-electron chi connectivity index (χ0n) is 14.7. The van der Waals surface area contributed by atoms with E-state index in [0.717, 1.165) is 33.3 Å². The molecule has 2 N–H and O–H groups in total. The minimum atomic E-state index is 0.260. The zero-order valence-corrected chi connectivity index (χ0v) is 16.2. The van der Waals surface area contributed by atoms with Crippen molar-refractivity contribution in [2.75, 3.05) is 6.54 Å². The summed E-state index contributed by atoms with van der Waals surface area (Å²) in [6, 6.07) is 13.6. The Morgan fingerprint density at radius 3 is 2.73 bits per heavy atom. The quantitative estimate of drug-likeness (QED) is 0.603. The zero-order chi connectivity index (χ0) is 18.7. The van der Waals surface area contributed by atoms with Crippen molar-refractivity contribution >= 4 is 39.7 Å². The van der Waals surface area contributed by atoms with E-state index in [4.69, 9.17) is 33.7 Å². The van der Waals surface area contributed by atoms with Crippen LogP contribution in [0.5, 0.6) is 5.75 Å². The Labute approximate surface area is 163 Å². The highest BCUT2D eigenvalue weighted by atomic mass is 35.5. The van der Waals surface area contributed by atoms with E-state index in [0.29, 0.717) is 22.3 Å². The van der Waals surface area contributed by atoms with E-state index in [-0.39, 0.29) is 6.61 Å². The first kappa shape index (κ1) is 18.7. The Bertz CT molecular complexity index is 983. The molecule has 0 amide bonds. The predicted molar refractivity (Wildman–Crippen MR) is 110 cm³/mol. The number of allylic oxidation sites excluding steroid dienone is 1. The lowest BCUT2D eigenvalue weighted by atomic mass is 10.0. The second kappa shape index (κ2) is 8.09. The molecule has 0 fully saturated rings. The Balaban J connectivity index is 1.94. The summed E-state index contributed by atoms with van der Waals surface area (Å²) in [5, 5.41) is 2.19. The van der Waals surface area contributed by atoms with E-state index in [9.17, 15) is 0 Å². The van der Waals surface area contributed by atoms with Crippen LogP contribution in [0.1, 0.15) is 23.7 Å². The molecule has 0 atom stereocenters. The molecule has 5 heteroatoms. The largest absolute Gasteiger partial charge is 0.487 e. The summed E-state index contributed by atoms with van der Waals surface area (Å²) >= 11 is 13.0. The van der Waals surface area contributed by atoms with Crippen molar-refractivity contribution in [1.29, 1.82) is 0 Å². The van der Waals surface area contributed by atoms with Gasteiger partial charge in [-0.25, -0.2) is 4.98 Å². The van der Waals surface area contributed by atoms with Gasteiger partial charge >= 0.3 is 0 Å². The van der Waals surface area contributed by atoms with Crippen molar-refractivity contribution in [2.45, 2.75) is 20.5 Å². The Morgan fingerprint density at radius 2 is 1.96 bits per heavy atom. The summed E-state index contributed by atoms with van der Waals surface area (Å²) in [6.45, 7) is 4.65. The van der Waals surface area contributed by atoms with E-state index < -0.39 is 0 Å². The van der Waals surface area contributed by atoms with Crippen LogP contribution in [-0.2, 0) is 6.61 Å². The number of aryl methyl sites for hydroxylation is 1. The minimum absolute atomic E-state index is 0.260. The molecule has 0 saturated carbocycles. The molecule has 1 heterocycles. The minimum Gasteiger partial charge on any atom is -0.487 e. The molecule has 3 rings (SSSR count). The maximum Gasteiger partial charge on any atom is 0.146 e. The molecule has 0 aliphatic carbocycles. The molecule has 3 aromatic rings. The fourth-order valence-corrected chi connectivity index (χ4v) is 3.43. The van der Waals surface area contributed by atoms with Gasteiger partial charge in [0.2, 0.25) is 0 Å². The summed E-state index contributed by atoms with van der Waals surface area (Å²) in [4.78, 5) is 4.59. The topological polar surface area (TPSA) is 48.1 Å². The molecule has 26 heavy (non-hydrogen) atoms. The fraction of sp³-hybridized carbons (Fsp3) is 0.190. The molecule has 0 unspecified atom stereocenters. The molecule has 134 valence electrons. The number of pyridine rings is 1. The maximum atomic E-state index is 6.59. The molecular formula is C21H20Cl2N2O. The third kappa shape index (κ3) is 3.85. The van der Waals surface area contributed by atoms with Crippen molar-refractivity contribution in [3.05, 3.63) is 75.4 Å². The Hall–Kier alpha value is -2.07. The lowest BCUT2D eigenvalue weighted by Crippen LogP contribution is -2.01. The lowest BCUT2D eigenvalue weighted by molar-refractivity contribution is 0.309. The van der Waals surface area contributed by atoms with Gasteiger partial charge in [-0.2, -0.15) is 0 Å². The number of ether oxygens (including phenoxy) is 1. The Kier molecular flexibility index (Phi) is 5.82. The Morgan fingerprint density at radius 1 is 1.15 bits per heavy atom. The van der Waals surface area contributed by atoms with Crippen molar-refractivity contribution in [2.24, 2.45) is 5.73 Å². The maximum absolute atomic E-state index is 6.59. The van der Waals surface area contributed by atoms with Gasteiger partial charge in [-0.15, -0.1) is 0 Å². The molecule has 0 bridgehead atoms. The number of aromatic nitrogens is 1. The smallest absolute Gasteiger partial charge is 0.146 e. The predicted octanol–water partition coefficient (Wildman–Crippen LogP) is 5.79. The SMILES string of the molecule is C/C(=C/CN)c1ccc(Cl)c(COc2cccc3ccc(C)nc23)c1Cl. The molecule has 0 radical (unpaired) electrons. The van der Waals surface area contributed by atoms with Crippen LogP contribution in [0.2, 0.25) is 10.0 Å². The number of benzene rings is 2.